The van der Waals surface area contributed by atoms with E-state index in [0.29, 0.717) is 187 Å². The minimum Gasteiger partial charge on any atom is -0.460 e. The van der Waals surface area contributed by atoms with Crippen molar-refractivity contribution in [2.75, 3.05) is 172 Å². The second kappa shape index (κ2) is 45.4. The van der Waals surface area contributed by atoms with E-state index in [-0.39, 0.29) is 50.6 Å². The second-order valence-electron chi connectivity index (χ2n) is 23.2. The van der Waals surface area contributed by atoms with Crippen LogP contribution in [0.4, 0.5) is 0 Å². The first kappa shape index (κ1) is 78.5. The zero-order valence-corrected chi connectivity index (χ0v) is 54.4. The Kier molecular flexibility index (Phi) is 39.1. The molecule has 1 unspecified atom stereocenters. The summed E-state index contributed by atoms with van der Waals surface area (Å²) in [6, 6.07) is 3.03. The van der Waals surface area contributed by atoms with Gasteiger partial charge in [0.1, 0.15) is 31.0 Å². The van der Waals surface area contributed by atoms with Crippen LogP contribution in [0.3, 0.4) is 0 Å². The number of carbonyl (C=O) groups is 6. The van der Waals surface area contributed by atoms with Gasteiger partial charge in [-0.15, -0.1) is 5.53 Å². The largest absolute Gasteiger partial charge is 0.460 e. The molecule has 4 rings (SSSR count). The number of nitrogens with zero attached hydrogens (tertiary/aromatic N) is 2. The van der Waals surface area contributed by atoms with E-state index in [1.54, 1.807) is 78.1 Å². The van der Waals surface area contributed by atoms with Crippen molar-refractivity contribution in [1.29, 1.82) is 0 Å². The molecule has 1 fully saturated rings. The first-order valence-corrected chi connectivity index (χ1v) is 31.5. The Morgan fingerprint density at radius 1 is 0.648 bits per heavy atom. The number of benzene rings is 1. The zero-order chi connectivity index (χ0) is 66.2. The first-order chi connectivity index (χ1) is 43.8. The predicted octanol–water partition coefficient (Wildman–Crippen LogP) is 0.717. The van der Waals surface area contributed by atoms with Gasteiger partial charge in [-0.1, -0.05) is 32.0 Å². The topological polar surface area (TPSA) is 335 Å². The number of carbonyl (C=O) groups excluding carboxylic acids is 6. The molecule has 0 saturated carbocycles. The lowest BCUT2D eigenvalue weighted by Gasteiger charge is -2.35. The summed E-state index contributed by atoms with van der Waals surface area (Å²) in [5, 5.41) is 35.2. The van der Waals surface area contributed by atoms with E-state index in [4.69, 9.17) is 66.3 Å². The number of imide groups is 1. The third-order valence-corrected chi connectivity index (χ3v) is 14.6. The maximum absolute atomic E-state index is 14.3. The van der Waals surface area contributed by atoms with Crippen LogP contribution in [0.25, 0.3) is 0 Å². The number of hydrogen-bond donors (Lipinski definition) is 6. The smallest absolute Gasteiger partial charge is 0.311 e. The maximum Gasteiger partial charge on any atom is 0.311 e. The summed E-state index contributed by atoms with van der Waals surface area (Å²) in [6.07, 6.45) is -0.757. The number of methoxy groups -OCH3 is 1. The number of hydrogen-bond acceptors (Lipinski definition) is 26. The molecule has 6 N–H and O–H groups in total. The van der Waals surface area contributed by atoms with Crippen molar-refractivity contribution in [3.8, 4) is 0 Å². The Morgan fingerprint density at radius 3 is 1.58 bits per heavy atom. The molecule has 1 saturated heterocycles. The summed E-state index contributed by atoms with van der Waals surface area (Å²) >= 11 is 0. The minimum atomic E-state index is -1.38. The molecule has 7 atom stereocenters. The van der Waals surface area contributed by atoms with Crippen molar-refractivity contribution < 1.29 is 110 Å². The van der Waals surface area contributed by atoms with Crippen molar-refractivity contribution in [3.63, 3.8) is 0 Å². The van der Waals surface area contributed by atoms with E-state index in [1.807, 2.05) is 0 Å². The number of amides is 3. The molecule has 3 aliphatic heterocycles. The summed E-state index contributed by atoms with van der Waals surface area (Å²) < 4.78 is 76.8. The molecule has 3 amide bonds. The molecule has 3 aliphatic rings. The van der Waals surface area contributed by atoms with Gasteiger partial charge in [0.25, 0.3) is 11.8 Å². The number of aliphatic hydroxyl groups is 3. The highest BCUT2D eigenvalue weighted by atomic mass is 16.6. The molecule has 28 heteroatoms. The van der Waals surface area contributed by atoms with Gasteiger partial charge in [-0.05, 0) is 63.1 Å². The molecule has 0 spiro atoms. The number of aryl methyl sites for hydroxylation is 1. The fourth-order valence-corrected chi connectivity index (χ4v) is 9.18. The maximum atomic E-state index is 14.3. The normalized spacial score (nSPS) is 18.6. The van der Waals surface area contributed by atoms with Gasteiger partial charge in [0.2, 0.25) is 5.91 Å². The fraction of sp³-hybridized carbons (Fsp3) is 0.746. The summed E-state index contributed by atoms with van der Waals surface area (Å²) in [6.45, 7) is 20.8. The van der Waals surface area contributed by atoms with Gasteiger partial charge in [-0.3, -0.25) is 38.7 Å². The summed E-state index contributed by atoms with van der Waals surface area (Å²) in [5.74, 6) is -4.44. The standard InChI is InChI=1S/C63H103N5O23/c1-45(2)51(61(76)64-46(3)53(69)39-47-8-9-49(43-91-62(77)63(4,5)6)48(38-47)10-11-56-60(75)59(74)55(71)44-90-56)41-54(70)52(68-57(72)12-13-58(68)73)40-50-42-67(66-65-50)14-15-79-18-19-81-22-23-83-26-27-85-30-31-87-34-35-89-37-36-88-33-32-86-29-28-84-25-24-82-21-20-80-17-16-78-7/h8-9,12-13,38,42,45-46,51-52,55-56,59-60,65-66,71,74-75H,10-11,14-37,39-41,43-44H2,1-7H3,(H,64,76)/t46-,51-,52?,55+,56-,59-,60-/m0/s1. The van der Waals surface area contributed by atoms with Crippen molar-refractivity contribution >= 4 is 35.3 Å². The lowest BCUT2D eigenvalue weighted by Crippen LogP contribution is -2.52. The van der Waals surface area contributed by atoms with Gasteiger partial charge in [-0.25, -0.2) is 0 Å². The molecular formula is C63H103N5O23. The van der Waals surface area contributed by atoms with Crippen molar-refractivity contribution in [3.05, 3.63) is 58.9 Å². The molecule has 0 aromatic heterocycles. The van der Waals surface area contributed by atoms with E-state index in [2.05, 4.69) is 16.3 Å². The Morgan fingerprint density at radius 2 is 1.12 bits per heavy atom. The molecular weight excluding hydrogens is 1190 g/mol. The van der Waals surface area contributed by atoms with Gasteiger partial charge in [-0.2, -0.15) is 0 Å². The van der Waals surface area contributed by atoms with Crippen LogP contribution in [-0.2, 0) is 115 Å². The summed E-state index contributed by atoms with van der Waals surface area (Å²) in [5.41, 5.74) is 7.70. The van der Waals surface area contributed by atoms with Crippen LogP contribution in [0.1, 0.15) is 77.5 Å². The fourth-order valence-electron chi connectivity index (χ4n) is 9.18. The van der Waals surface area contributed by atoms with Crippen LogP contribution in [0, 0.1) is 17.3 Å². The predicted molar refractivity (Wildman–Crippen MR) is 327 cm³/mol. The third-order valence-electron chi connectivity index (χ3n) is 14.6. The van der Waals surface area contributed by atoms with Gasteiger partial charge in [0.05, 0.1) is 183 Å². The number of esters is 1. The van der Waals surface area contributed by atoms with Crippen LogP contribution in [0.5, 0.6) is 0 Å². The molecule has 1 aromatic rings. The Balaban J connectivity index is 1.06. The highest BCUT2D eigenvalue weighted by molar-refractivity contribution is 6.15. The number of hydrazine groups is 2. The summed E-state index contributed by atoms with van der Waals surface area (Å²) in [7, 11) is 1.63. The lowest BCUT2D eigenvalue weighted by molar-refractivity contribution is -0.188. The van der Waals surface area contributed by atoms with Gasteiger partial charge < -0.3 is 92.4 Å². The monoisotopic (exact) mass is 1300 g/mol. The molecule has 0 radical (unpaired) electrons. The highest BCUT2D eigenvalue weighted by Crippen LogP contribution is 2.26. The van der Waals surface area contributed by atoms with Crippen LogP contribution in [-0.4, -0.2) is 269 Å². The molecule has 0 bridgehead atoms. The van der Waals surface area contributed by atoms with Crippen LogP contribution >= 0.6 is 0 Å². The van der Waals surface area contributed by atoms with E-state index in [1.165, 1.54) is 0 Å². The Labute approximate surface area is 535 Å². The zero-order valence-electron chi connectivity index (χ0n) is 54.4. The molecule has 28 nitrogen and oxygen atoms in total. The first-order valence-electron chi connectivity index (χ1n) is 31.5. The molecule has 3 heterocycles. The van der Waals surface area contributed by atoms with Gasteiger partial charge in [0, 0.05) is 56.3 Å². The lowest BCUT2D eigenvalue weighted by atomic mass is 9.86. The van der Waals surface area contributed by atoms with E-state index < -0.39 is 77.3 Å². The number of nitrogens with one attached hydrogen (secondary N) is 3. The second-order valence-corrected chi connectivity index (χ2v) is 23.2. The molecule has 0 aliphatic carbocycles. The summed E-state index contributed by atoms with van der Waals surface area (Å²) in [4.78, 5) is 81.5. The SMILES string of the molecule is COCCOCCOCCOCCOCCOCCOCCOCCOCCOCCOCCOCCN1C=C(CC(C(=O)C[C@H](C(=O)N[C@@H](C)C(=O)Cc2ccc(COC(=O)C(C)(C)C)c(CC[C@@H]3OC[C@@H](O)[C@H](O)[C@H]3O)c2)C(C)C)N2C(=O)C=CC2=O)NN1. The molecule has 91 heavy (non-hydrogen) atoms. The van der Waals surface area contributed by atoms with E-state index in [9.17, 15) is 44.1 Å². The third kappa shape index (κ3) is 31.7. The number of aliphatic hydroxyl groups excluding tert-OH is 3. The van der Waals surface area contributed by atoms with E-state index in [0.717, 1.165) is 17.1 Å². The number of Topliss-reactive ketones (excluding diaryl/α,β-unsaturated/α-hetero) is 2. The van der Waals surface area contributed by atoms with Crippen molar-refractivity contribution in [1.82, 2.24) is 26.2 Å². The number of rotatable bonds is 53. The van der Waals surface area contributed by atoms with Crippen LogP contribution in [0.2, 0.25) is 0 Å². The Hall–Kier alpha value is -4.96. The van der Waals surface area contributed by atoms with E-state index >= 15 is 0 Å². The number of ketones is 2. The van der Waals surface area contributed by atoms with Crippen LogP contribution < -0.4 is 16.3 Å². The highest BCUT2D eigenvalue weighted by Gasteiger charge is 2.40. The average molecular weight is 1300 g/mol. The van der Waals surface area contributed by atoms with Gasteiger partial charge in [0.15, 0.2) is 11.6 Å². The minimum absolute atomic E-state index is 0.0523. The van der Waals surface area contributed by atoms with Gasteiger partial charge >= 0.3 is 5.97 Å². The quantitative estimate of drug-likeness (QED) is 0.0297. The molecule has 1 aromatic carbocycles. The van der Waals surface area contributed by atoms with Crippen molar-refractivity contribution in [2.45, 2.75) is 117 Å². The van der Waals surface area contributed by atoms with Crippen LogP contribution in [0.15, 0.2) is 42.2 Å². The Bertz CT molecular complexity index is 2320. The number of ether oxygens (including phenoxy) is 14. The van der Waals surface area contributed by atoms with Crippen molar-refractivity contribution in [2.24, 2.45) is 17.3 Å². The average Bonchev–Trinajstić information content (AvgIpc) is 1.99. The molecule has 518 valence electrons.